The first-order chi connectivity index (χ1) is 22.8. The van der Waals surface area contributed by atoms with Crippen LogP contribution in [0.4, 0.5) is 0 Å². The lowest BCUT2D eigenvalue weighted by molar-refractivity contribution is -0.123. The highest BCUT2D eigenvalue weighted by Crippen LogP contribution is 2.29. The second kappa shape index (κ2) is 13.6. The molecule has 4 heterocycles. The number of fused-ring (bicyclic) bond motifs is 4. The number of hydrogen-bond acceptors (Lipinski definition) is 10. The zero-order valence-corrected chi connectivity index (χ0v) is 26.2. The van der Waals surface area contributed by atoms with Gasteiger partial charge in [0.15, 0.2) is 23.1 Å². The monoisotopic (exact) mass is 638 g/mol. The van der Waals surface area contributed by atoms with E-state index in [0.717, 1.165) is 5.56 Å². The molecule has 0 fully saturated rings. The Morgan fingerprint density at radius 1 is 1.02 bits per heavy atom. The van der Waals surface area contributed by atoms with Gasteiger partial charge in [0.25, 0.3) is 17.6 Å². The standard InChI is InChI=1S/C32H34N10O5/c1-20(2)26-29-36-27(21-8-5-4-6-9-21)38-41(29)16-17-47-24-18-22(10-11-23(24)46-3)30(44)33-13-15-40(19-25(43)35-26)31(45)28-37-32-34-12-7-14-42(32)39-28/h4-12,14,18,20,26H,13,15-17,19H2,1-3H3,(H,33,44)(H,35,43)/t26-/m1/s1. The van der Waals surface area contributed by atoms with Gasteiger partial charge in [-0.3, -0.25) is 14.4 Å². The summed E-state index contributed by atoms with van der Waals surface area (Å²) in [7, 11) is 1.52. The summed E-state index contributed by atoms with van der Waals surface area (Å²) in [6.07, 6.45) is 3.16. The number of rotatable bonds is 4. The number of hydrogen-bond donors (Lipinski definition) is 2. The van der Waals surface area contributed by atoms with E-state index in [1.165, 1.54) is 16.5 Å². The fourth-order valence-corrected chi connectivity index (χ4v) is 5.18. The summed E-state index contributed by atoms with van der Waals surface area (Å²) in [6.45, 7) is 4.12. The summed E-state index contributed by atoms with van der Waals surface area (Å²) < 4.78 is 14.7. The van der Waals surface area contributed by atoms with Gasteiger partial charge in [0.1, 0.15) is 13.2 Å². The van der Waals surface area contributed by atoms with Crippen LogP contribution in [-0.4, -0.2) is 90.3 Å². The van der Waals surface area contributed by atoms with Crippen LogP contribution >= 0.6 is 0 Å². The van der Waals surface area contributed by atoms with E-state index in [1.54, 1.807) is 41.3 Å². The molecule has 2 bridgehead atoms. The number of aromatic nitrogens is 7. The van der Waals surface area contributed by atoms with Crippen molar-refractivity contribution in [2.24, 2.45) is 5.92 Å². The molecule has 1 aliphatic heterocycles. The molecule has 3 aromatic heterocycles. The SMILES string of the molecule is COc1ccc2cc1OCCn1nc(-c3ccccc3)nc1[C@@H](C(C)C)NC(=O)CN(C(=O)c1nc3ncccn3n1)CCNC2=O. The van der Waals surface area contributed by atoms with E-state index in [0.29, 0.717) is 28.7 Å². The van der Waals surface area contributed by atoms with Crippen molar-refractivity contribution in [3.05, 3.63) is 84.2 Å². The molecule has 0 saturated carbocycles. The summed E-state index contributed by atoms with van der Waals surface area (Å²) in [4.78, 5) is 55.0. The number of nitrogens with one attached hydrogen (secondary N) is 2. The number of benzene rings is 2. The molecular formula is C32H34N10O5. The van der Waals surface area contributed by atoms with Crippen molar-refractivity contribution in [2.75, 3.05) is 33.4 Å². The topological polar surface area (TPSA) is 171 Å². The molecule has 0 spiro atoms. The molecular weight excluding hydrogens is 604 g/mol. The molecule has 242 valence electrons. The lowest BCUT2D eigenvalue weighted by atomic mass is 10.0. The van der Waals surface area contributed by atoms with Gasteiger partial charge in [0.05, 0.1) is 19.7 Å². The third-order valence-electron chi connectivity index (χ3n) is 7.58. The molecule has 15 nitrogen and oxygen atoms in total. The van der Waals surface area contributed by atoms with Crippen molar-refractivity contribution in [3.63, 3.8) is 0 Å². The van der Waals surface area contributed by atoms with Crippen LogP contribution in [0.3, 0.4) is 0 Å². The number of methoxy groups -OCH3 is 1. The fraction of sp³-hybridized carbons (Fsp3) is 0.312. The molecule has 2 aromatic carbocycles. The van der Waals surface area contributed by atoms with Gasteiger partial charge in [-0.05, 0) is 30.2 Å². The molecule has 0 radical (unpaired) electrons. The van der Waals surface area contributed by atoms with Crippen LogP contribution in [0.25, 0.3) is 17.2 Å². The van der Waals surface area contributed by atoms with Gasteiger partial charge < -0.3 is 25.0 Å². The van der Waals surface area contributed by atoms with Crippen molar-refractivity contribution in [2.45, 2.75) is 26.4 Å². The first kappa shape index (κ1) is 31.1. The number of carbonyl (C=O) groups is 3. The Hall–Kier alpha value is -5.86. The van der Waals surface area contributed by atoms with E-state index < -0.39 is 17.9 Å². The molecule has 1 atom stereocenters. The molecule has 0 unspecified atom stereocenters. The highest BCUT2D eigenvalue weighted by molar-refractivity contribution is 5.95. The van der Waals surface area contributed by atoms with Crippen molar-refractivity contribution in [3.8, 4) is 22.9 Å². The maximum atomic E-state index is 13.7. The van der Waals surface area contributed by atoms with Gasteiger partial charge in [-0.25, -0.2) is 19.2 Å². The minimum atomic E-state index is -0.589. The molecule has 15 heteroatoms. The smallest absolute Gasteiger partial charge is 0.294 e. The van der Waals surface area contributed by atoms with Crippen LogP contribution < -0.4 is 20.1 Å². The average Bonchev–Trinajstić information content (AvgIpc) is 3.71. The van der Waals surface area contributed by atoms with Crippen LogP contribution in [0, 0.1) is 5.92 Å². The van der Waals surface area contributed by atoms with Gasteiger partial charge in [-0.15, -0.1) is 5.10 Å². The summed E-state index contributed by atoms with van der Waals surface area (Å²) in [6, 6.07) is 15.5. The summed E-state index contributed by atoms with van der Waals surface area (Å²) >= 11 is 0. The van der Waals surface area contributed by atoms with Crippen LogP contribution in [0.5, 0.6) is 11.5 Å². The quantitative estimate of drug-likeness (QED) is 0.297. The summed E-state index contributed by atoms with van der Waals surface area (Å²) in [5.74, 6) is 0.473. The van der Waals surface area contributed by atoms with E-state index >= 15 is 0 Å². The molecule has 6 rings (SSSR count). The van der Waals surface area contributed by atoms with E-state index in [9.17, 15) is 14.4 Å². The zero-order chi connectivity index (χ0) is 32.9. The Bertz CT molecular complexity index is 1870. The molecule has 2 N–H and O–H groups in total. The lowest BCUT2D eigenvalue weighted by Gasteiger charge is -2.25. The van der Waals surface area contributed by atoms with E-state index in [2.05, 4.69) is 25.7 Å². The number of ether oxygens (including phenoxy) is 2. The zero-order valence-electron chi connectivity index (χ0n) is 26.2. The first-order valence-electron chi connectivity index (χ1n) is 15.2. The third kappa shape index (κ3) is 6.88. The molecule has 1 aliphatic rings. The number of nitrogens with zero attached hydrogens (tertiary/aromatic N) is 8. The van der Waals surface area contributed by atoms with Crippen LogP contribution in [0.15, 0.2) is 67.0 Å². The van der Waals surface area contributed by atoms with E-state index in [4.69, 9.17) is 19.6 Å². The van der Waals surface area contributed by atoms with Gasteiger partial charge >= 0.3 is 0 Å². The van der Waals surface area contributed by atoms with Gasteiger partial charge in [0, 0.05) is 36.6 Å². The van der Waals surface area contributed by atoms with Gasteiger partial charge in [-0.2, -0.15) is 10.1 Å². The van der Waals surface area contributed by atoms with Gasteiger partial charge in [-0.1, -0.05) is 44.2 Å². The normalized spacial score (nSPS) is 16.2. The van der Waals surface area contributed by atoms with Crippen molar-refractivity contribution in [1.29, 1.82) is 0 Å². The number of amides is 3. The van der Waals surface area contributed by atoms with Crippen molar-refractivity contribution in [1.82, 2.24) is 49.9 Å². The third-order valence-corrected chi connectivity index (χ3v) is 7.58. The molecule has 0 aliphatic carbocycles. The lowest BCUT2D eigenvalue weighted by Crippen LogP contribution is -2.46. The predicted molar refractivity (Wildman–Crippen MR) is 169 cm³/mol. The number of carbonyl (C=O) groups excluding carboxylic acids is 3. The molecule has 47 heavy (non-hydrogen) atoms. The highest BCUT2D eigenvalue weighted by atomic mass is 16.5. The molecule has 0 saturated heterocycles. The minimum Gasteiger partial charge on any atom is -0.493 e. The average molecular weight is 639 g/mol. The molecule has 5 aromatic rings. The van der Waals surface area contributed by atoms with E-state index in [1.807, 2.05) is 44.2 Å². The largest absolute Gasteiger partial charge is 0.493 e. The predicted octanol–water partition coefficient (Wildman–Crippen LogP) is 2.17. The Labute approximate surface area is 269 Å². The maximum absolute atomic E-state index is 13.7. The summed E-state index contributed by atoms with van der Waals surface area (Å²) in [5, 5.41) is 14.9. The fourth-order valence-electron chi connectivity index (χ4n) is 5.18. The second-order valence-electron chi connectivity index (χ2n) is 11.2. The van der Waals surface area contributed by atoms with Gasteiger partial charge in [0.2, 0.25) is 11.7 Å². The highest BCUT2D eigenvalue weighted by Gasteiger charge is 2.29. The second-order valence-corrected chi connectivity index (χ2v) is 11.2. The minimum absolute atomic E-state index is 0.00116. The Kier molecular flexibility index (Phi) is 9.04. The maximum Gasteiger partial charge on any atom is 0.294 e. The van der Waals surface area contributed by atoms with Crippen LogP contribution in [-0.2, 0) is 11.3 Å². The molecule has 3 amide bonds. The van der Waals surface area contributed by atoms with Crippen LogP contribution in [0.2, 0.25) is 0 Å². The Balaban J connectivity index is 1.37. The Morgan fingerprint density at radius 3 is 2.62 bits per heavy atom. The van der Waals surface area contributed by atoms with Crippen molar-refractivity contribution >= 4 is 23.5 Å². The first-order valence-corrected chi connectivity index (χ1v) is 15.2. The van der Waals surface area contributed by atoms with Crippen LogP contribution in [0.1, 0.15) is 46.7 Å². The Morgan fingerprint density at radius 2 is 1.85 bits per heavy atom. The van der Waals surface area contributed by atoms with E-state index in [-0.39, 0.29) is 56.2 Å². The summed E-state index contributed by atoms with van der Waals surface area (Å²) in [5.41, 5.74) is 1.15. The van der Waals surface area contributed by atoms with Crippen molar-refractivity contribution < 1.29 is 23.9 Å².